The van der Waals surface area contributed by atoms with Gasteiger partial charge < -0.3 is 9.47 Å². The highest BCUT2D eigenvalue weighted by Gasteiger charge is 2.30. The molecule has 0 aromatic heterocycles. The van der Waals surface area contributed by atoms with Gasteiger partial charge in [-0.15, -0.1) is 0 Å². The second-order valence-corrected chi connectivity index (χ2v) is 7.90. The number of ketones is 1. The van der Waals surface area contributed by atoms with E-state index < -0.39 is 5.82 Å². The highest BCUT2D eigenvalue weighted by Crippen LogP contribution is 2.39. The van der Waals surface area contributed by atoms with Gasteiger partial charge in [0, 0.05) is 15.6 Å². The Hall–Kier alpha value is -2.63. The van der Waals surface area contributed by atoms with E-state index in [9.17, 15) is 9.18 Å². The molecule has 146 valence electrons. The summed E-state index contributed by atoms with van der Waals surface area (Å²) in [6.45, 7) is 2.00. The number of allylic oxidation sites excluding steroid dienone is 1. The van der Waals surface area contributed by atoms with E-state index in [1.165, 1.54) is 12.1 Å². The summed E-state index contributed by atoms with van der Waals surface area (Å²) in [7, 11) is 0. The first kappa shape index (κ1) is 19.7. The molecular formula is C23H15BrClFO3. The summed E-state index contributed by atoms with van der Waals surface area (Å²) < 4.78 is 25.9. The van der Waals surface area contributed by atoms with Crippen LogP contribution in [0.1, 0.15) is 27.0 Å². The smallest absolute Gasteiger partial charge is 0.231 e. The van der Waals surface area contributed by atoms with Crippen LogP contribution in [-0.2, 0) is 6.61 Å². The molecule has 0 radical (unpaired) electrons. The van der Waals surface area contributed by atoms with Crippen LogP contribution in [0.15, 0.2) is 64.8 Å². The van der Waals surface area contributed by atoms with E-state index in [0.29, 0.717) is 33.2 Å². The van der Waals surface area contributed by atoms with Gasteiger partial charge in [0.05, 0.1) is 10.6 Å². The maximum absolute atomic E-state index is 13.2. The van der Waals surface area contributed by atoms with E-state index in [4.69, 9.17) is 21.1 Å². The van der Waals surface area contributed by atoms with Gasteiger partial charge in [-0.1, -0.05) is 45.7 Å². The average molecular weight is 474 g/mol. The molecular weight excluding hydrogens is 459 g/mol. The first-order valence-electron chi connectivity index (χ1n) is 8.82. The Morgan fingerprint density at radius 2 is 1.90 bits per heavy atom. The van der Waals surface area contributed by atoms with E-state index >= 15 is 0 Å². The van der Waals surface area contributed by atoms with Gasteiger partial charge in [-0.2, -0.15) is 0 Å². The predicted octanol–water partition coefficient (Wildman–Crippen LogP) is 6.75. The molecule has 3 aromatic rings. The van der Waals surface area contributed by atoms with E-state index in [2.05, 4.69) is 15.9 Å². The largest absolute Gasteiger partial charge is 0.488 e. The lowest BCUT2D eigenvalue weighted by atomic mass is 10.1. The molecule has 0 aliphatic carbocycles. The zero-order chi connectivity index (χ0) is 20.5. The van der Waals surface area contributed by atoms with E-state index in [-0.39, 0.29) is 18.1 Å². The van der Waals surface area contributed by atoms with Gasteiger partial charge in [-0.25, -0.2) is 4.39 Å². The van der Waals surface area contributed by atoms with Crippen LogP contribution in [0.2, 0.25) is 5.02 Å². The Labute approximate surface area is 180 Å². The van der Waals surface area contributed by atoms with Gasteiger partial charge in [-0.3, -0.25) is 4.79 Å². The molecule has 3 aromatic carbocycles. The first-order valence-corrected chi connectivity index (χ1v) is 9.99. The number of carbonyl (C=O) groups is 1. The Balaban J connectivity index is 1.57. The standard InChI is InChI=1S/C23H15BrClFO3/c1-13-20(28-12-15-4-7-17(26)11-19(15)25)9-8-18-22(27)21(29-23(13)18)10-14-2-5-16(24)6-3-14/h2-11H,12H2,1H3/b21-10-. The molecule has 0 unspecified atom stereocenters. The quantitative estimate of drug-likeness (QED) is 0.393. The SMILES string of the molecule is Cc1c(OCc2ccc(F)cc2Cl)ccc2c1O/C(=C\c1ccc(Br)cc1)C2=O. The van der Waals surface area contributed by atoms with Crippen LogP contribution in [0.25, 0.3) is 6.08 Å². The summed E-state index contributed by atoms with van der Waals surface area (Å²) in [6.07, 6.45) is 1.72. The third kappa shape index (κ3) is 4.07. The fraction of sp³-hybridized carbons (Fsp3) is 0.0870. The fourth-order valence-electron chi connectivity index (χ4n) is 3.03. The molecule has 1 aliphatic rings. The van der Waals surface area contributed by atoms with E-state index in [1.807, 2.05) is 31.2 Å². The monoisotopic (exact) mass is 472 g/mol. The van der Waals surface area contributed by atoms with Gasteiger partial charge in [0.15, 0.2) is 5.76 Å². The van der Waals surface area contributed by atoms with Crippen LogP contribution in [0, 0.1) is 12.7 Å². The van der Waals surface area contributed by atoms with Crippen molar-refractivity contribution in [1.29, 1.82) is 0 Å². The zero-order valence-corrected chi connectivity index (χ0v) is 17.7. The minimum Gasteiger partial charge on any atom is -0.488 e. The van der Waals surface area contributed by atoms with Gasteiger partial charge in [0.1, 0.15) is 23.9 Å². The number of ether oxygens (including phenoxy) is 2. The summed E-state index contributed by atoms with van der Waals surface area (Å²) in [5.74, 6) is 0.760. The minimum atomic E-state index is -0.399. The van der Waals surface area contributed by atoms with Crippen LogP contribution >= 0.6 is 27.5 Å². The van der Waals surface area contributed by atoms with Crippen molar-refractivity contribution in [3.63, 3.8) is 0 Å². The number of benzene rings is 3. The number of hydrogen-bond donors (Lipinski definition) is 0. The molecule has 0 fully saturated rings. The van der Waals surface area contributed by atoms with Crippen molar-refractivity contribution in [3.05, 3.63) is 97.9 Å². The number of rotatable bonds is 4. The third-order valence-corrected chi connectivity index (χ3v) is 5.48. The van der Waals surface area contributed by atoms with Gasteiger partial charge in [0.2, 0.25) is 5.78 Å². The Morgan fingerprint density at radius 1 is 1.14 bits per heavy atom. The highest BCUT2D eigenvalue weighted by molar-refractivity contribution is 9.10. The van der Waals surface area contributed by atoms with Gasteiger partial charge >= 0.3 is 0 Å². The zero-order valence-electron chi connectivity index (χ0n) is 15.3. The van der Waals surface area contributed by atoms with Gasteiger partial charge in [-0.05, 0) is 55.0 Å². The summed E-state index contributed by atoms with van der Waals surface area (Å²) in [4.78, 5) is 12.7. The molecule has 29 heavy (non-hydrogen) atoms. The van der Waals surface area contributed by atoms with E-state index in [1.54, 1.807) is 24.3 Å². The van der Waals surface area contributed by atoms with Crippen molar-refractivity contribution in [1.82, 2.24) is 0 Å². The maximum atomic E-state index is 13.2. The number of hydrogen-bond acceptors (Lipinski definition) is 3. The summed E-state index contributed by atoms with van der Waals surface area (Å²) in [5, 5.41) is 0.301. The van der Waals surface area contributed by atoms with Crippen LogP contribution in [0.4, 0.5) is 4.39 Å². The van der Waals surface area contributed by atoms with Gasteiger partial charge in [0.25, 0.3) is 0 Å². The number of carbonyl (C=O) groups excluding carboxylic acids is 1. The third-order valence-electron chi connectivity index (χ3n) is 4.60. The first-order chi connectivity index (χ1) is 13.9. The van der Waals surface area contributed by atoms with Crippen molar-refractivity contribution in [2.45, 2.75) is 13.5 Å². The molecule has 0 saturated heterocycles. The van der Waals surface area contributed by atoms with Crippen LogP contribution in [0.5, 0.6) is 11.5 Å². The van der Waals surface area contributed by atoms with Crippen LogP contribution in [-0.4, -0.2) is 5.78 Å². The number of fused-ring (bicyclic) bond motifs is 1. The number of halogens is 3. The average Bonchev–Trinajstić information content (AvgIpc) is 3.01. The molecule has 0 saturated carbocycles. The normalized spacial score (nSPS) is 14.1. The molecule has 0 atom stereocenters. The lowest BCUT2D eigenvalue weighted by molar-refractivity contribution is 0.101. The van der Waals surface area contributed by atoms with Crippen molar-refractivity contribution >= 4 is 39.4 Å². The fourth-order valence-corrected chi connectivity index (χ4v) is 3.52. The lowest BCUT2D eigenvalue weighted by Crippen LogP contribution is -1.99. The van der Waals surface area contributed by atoms with Crippen molar-refractivity contribution in [2.75, 3.05) is 0 Å². The molecule has 3 nitrogen and oxygen atoms in total. The minimum absolute atomic E-state index is 0.167. The Bertz CT molecular complexity index is 1140. The highest BCUT2D eigenvalue weighted by atomic mass is 79.9. The molecule has 1 aliphatic heterocycles. The van der Waals surface area contributed by atoms with Crippen molar-refractivity contribution in [2.24, 2.45) is 0 Å². The summed E-state index contributed by atoms with van der Waals surface area (Å²) in [6, 6.07) is 15.2. The van der Waals surface area contributed by atoms with Crippen molar-refractivity contribution < 1.29 is 18.7 Å². The summed E-state index contributed by atoms with van der Waals surface area (Å²) in [5.41, 5.74) is 2.75. The lowest BCUT2D eigenvalue weighted by Gasteiger charge is -2.12. The second kappa shape index (κ2) is 8.01. The Kier molecular flexibility index (Phi) is 5.43. The molecule has 0 spiro atoms. The van der Waals surface area contributed by atoms with E-state index in [0.717, 1.165) is 10.0 Å². The molecule has 0 amide bonds. The molecule has 4 rings (SSSR count). The van der Waals surface area contributed by atoms with Crippen LogP contribution < -0.4 is 9.47 Å². The molecule has 0 N–H and O–H groups in total. The predicted molar refractivity (Wildman–Crippen MR) is 114 cm³/mol. The van der Waals surface area contributed by atoms with Crippen LogP contribution in [0.3, 0.4) is 0 Å². The molecule has 6 heteroatoms. The molecule has 1 heterocycles. The maximum Gasteiger partial charge on any atom is 0.231 e. The topological polar surface area (TPSA) is 35.5 Å². The Morgan fingerprint density at radius 3 is 2.62 bits per heavy atom. The number of Topliss-reactive ketones (excluding diaryl/α,β-unsaturated/α-hetero) is 1. The second-order valence-electron chi connectivity index (χ2n) is 6.58. The summed E-state index contributed by atoms with van der Waals surface area (Å²) >= 11 is 9.45. The molecule has 0 bridgehead atoms. The van der Waals surface area contributed by atoms with Crippen molar-refractivity contribution in [3.8, 4) is 11.5 Å².